The van der Waals surface area contributed by atoms with Gasteiger partial charge in [-0.15, -0.1) is 0 Å². The average molecular weight is 200 g/mol. The third-order valence-electron chi connectivity index (χ3n) is 1.86. The molecule has 0 fully saturated rings. The highest BCUT2D eigenvalue weighted by molar-refractivity contribution is 5.68. The molecule has 0 spiro atoms. The van der Waals surface area contributed by atoms with Crippen molar-refractivity contribution in [1.82, 2.24) is 0 Å². The summed E-state index contributed by atoms with van der Waals surface area (Å²) in [5.74, 6) is 0. The molecule has 0 aromatic heterocycles. The van der Waals surface area contributed by atoms with Crippen molar-refractivity contribution in [1.29, 1.82) is 0 Å². The van der Waals surface area contributed by atoms with Crippen LogP contribution in [0.15, 0.2) is 60.8 Å². The summed E-state index contributed by atoms with van der Waals surface area (Å²) < 4.78 is 0. The molecule has 0 saturated heterocycles. The average Bonchev–Trinajstić information content (AvgIpc) is 2.22. The Morgan fingerprint density at radius 3 is 2.73 bits per heavy atom. The molecular formula is C13H16N2. The number of para-hydroxylation sites is 2. The summed E-state index contributed by atoms with van der Waals surface area (Å²) in [6.45, 7) is 5.84. The molecule has 1 rings (SSSR count). The van der Waals surface area contributed by atoms with Crippen LogP contribution in [-0.2, 0) is 0 Å². The van der Waals surface area contributed by atoms with Gasteiger partial charge in [0.25, 0.3) is 0 Å². The zero-order chi connectivity index (χ0) is 11.1. The number of anilines is 2. The minimum Gasteiger partial charge on any atom is -0.397 e. The van der Waals surface area contributed by atoms with Crippen molar-refractivity contribution in [2.45, 2.75) is 6.92 Å². The van der Waals surface area contributed by atoms with E-state index in [1.54, 1.807) is 0 Å². The van der Waals surface area contributed by atoms with Crippen LogP contribution in [0.1, 0.15) is 6.92 Å². The number of benzene rings is 1. The van der Waals surface area contributed by atoms with Gasteiger partial charge in [-0.1, -0.05) is 36.9 Å². The largest absolute Gasteiger partial charge is 0.397 e. The van der Waals surface area contributed by atoms with Gasteiger partial charge in [-0.2, -0.15) is 0 Å². The summed E-state index contributed by atoms with van der Waals surface area (Å²) in [4.78, 5) is 0. The van der Waals surface area contributed by atoms with Gasteiger partial charge in [0.2, 0.25) is 0 Å². The van der Waals surface area contributed by atoms with Gasteiger partial charge in [-0.25, -0.2) is 0 Å². The zero-order valence-electron chi connectivity index (χ0n) is 8.90. The molecule has 3 N–H and O–H groups in total. The lowest BCUT2D eigenvalue weighted by Crippen LogP contribution is -1.98. The molecule has 0 aliphatic carbocycles. The zero-order valence-corrected chi connectivity index (χ0v) is 8.90. The third kappa shape index (κ3) is 3.73. The minimum atomic E-state index is 0.720. The number of allylic oxidation sites excluding steroid dienone is 4. The number of rotatable bonds is 4. The van der Waals surface area contributed by atoms with Gasteiger partial charge in [0, 0.05) is 5.70 Å². The Hall–Kier alpha value is -1.96. The van der Waals surface area contributed by atoms with Gasteiger partial charge < -0.3 is 11.1 Å². The van der Waals surface area contributed by atoms with Crippen molar-refractivity contribution < 1.29 is 0 Å². The molecule has 0 radical (unpaired) electrons. The smallest absolute Gasteiger partial charge is 0.0617 e. The molecule has 0 amide bonds. The molecule has 1 aromatic rings. The van der Waals surface area contributed by atoms with Crippen LogP contribution in [-0.4, -0.2) is 0 Å². The molecule has 0 saturated carbocycles. The van der Waals surface area contributed by atoms with Crippen LogP contribution in [0.2, 0.25) is 0 Å². The predicted octanol–water partition coefficient (Wildman–Crippen LogP) is 3.33. The summed E-state index contributed by atoms with van der Waals surface area (Å²) in [5.41, 5.74) is 8.20. The van der Waals surface area contributed by atoms with E-state index < -0.39 is 0 Å². The monoisotopic (exact) mass is 200 g/mol. The highest BCUT2D eigenvalue weighted by atomic mass is 14.9. The molecule has 78 valence electrons. The van der Waals surface area contributed by atoms with E-state index in [-0.39, 0.29) is 0 Å². The lowest BCUT2D eigenvalue weighted by atomic mass is 10.2. The molecule has 1 aromatic carbocycles. The molecule has 0 heterocycles. The standard InChI is InChI=1S/C13H16N2/c1-3-4-5-8-11(2)15-13-10-7-6-9-12(13)14/h3-10,15H,2,14H2,1H3/b4-3-,8-5-. The fourth-order valence-electron chi connectivity index (χ4n) is 1.11. The van der Waals surface area contributed by atoms with Crippen LogP contribution >= 0.6 is 0 Å². The Morgan fingerprint density at radius 2 is 2.07 bits per heavy atom. The Morgan fingerprint density at radius 1 is 1.33 bits per heavy atom. The van der Waals surface area contributed by atoms with Crippen molar-refractivity contribution in [3.63, 3.8) is 0 Å². The van der Waals surface area contributed by atoms with Crippen molar-refractivity contribution in [2.75, 3.05) is 11.1 Å². The van der Waals surface area contributed by atoms with Crippen LogP contribution < -0.4 is 11.1 Å². The van der Waals surface area contributed by atoms with E-state index in [2.05, 4.69) is 11.9 Å². The summed E-state index contributed by atoms with van der Waals surface area (Å²) in [6.07, 6.45) is 7.72. The normalized spacial score (nSPS) is 11.0. The minimum absolute atomic E-state index is 0.720. The van der Waals surface area contributed by atoms with E-state index >= 15 is 0 Å². The van der Waals surface area contributed by atoms with Gasteiger partial charge in [-0.05, 0) is 25.1 Å². The Bertz CT molecular complexity index is 389. The highest BCUT2D eigenvalue weighted by Crippen LogP contribution is 2.18. The van der Waals surface area contributed by atoms with Crippen molar-refractivity contribution in [3.8, 4) is 0 Å². The SMILES string of the molecule is C=C(/C=C\C=C/C)Nc1ccccc1N. The topological polar surface area (TPSA) is 38.0 Å². The van der Waals surface area contributed by atoms with E-state index in [1.807, 2.05) is 55.5 Å². The highest BCUT2D eigenvalue weighted by Gasteiger charge is 1.95. The van der Waals surface area contributed by atoms with E-state index in [1.165, 1.54) is 0 Å². The Labute approximate surface area is 90.8 Å². The Kier molecular flexibility index (Phi) is 4.23. The number of nitrogen functional groups attached to an aromatic ring is 1. The van der Waals surface area contributed by atoms with E-state index in [0.717, 1.165) is 17.1 Å². The second kappa shape index (κ2) is 5.70. The molecular weight excluding hydrogens is 184 g/mol. The van der Waals surface area contributed by atoms with Crippen LogP contribution in [0, 0.1) is 0 Å². The van der Waals surface area contributed by atoms with Crippen molar-refractivity contribution >= 4 is 11.4 Å². The van der Waals surface area contributed by atoms with E-state index in [9.17, 15) is 0 Å². The first-order chi connectivity index (χ1) is 7.24. The van der Waals surface area contributed by atoms with Crippen molar-refractivity contribution in [3.05, 3.63) is 60.8 Å². The molecule has 0 aliphatic heterocycles. The van der Waals surface area contributed by atoms with Crippen molar-refractivity contribution in [2.24, 2.45) is 0 Å². The van der Waals surface area contributed by atoms with Gasteiger partial charge in [0.05, 0.1) is 11.4 Å². The van der Waals surface area contributed by atoms with Gasteiger partial charge in [0.1, 0.15) is 0 Å². The molecule has 0 unspecified atom stereocenters. The maximum Gasteiger partial charge on any atom is 0.0617 e. The summed E-state index contributed by atoms with van der Waals surface area (Å²) in [7, 11) is 0. The fourth-order valence-corrected chi connectivity index (χ4v) is 1.11. The number of hydrogen-bond acceptors (Lipinski definition) is 2. The molecule has 2 heteroatoms. The molecule has 0 aliphatic rings. The third-order valence-corrected chi connectivity index (χ3v) is 1.86. The van der Waals surface area contributed by atoms with Crippen LogP contribution in [0.5, 0.6) is 0 Å². The lowest BCUT2D eigenvalue weighted by molar-refractivity contribution is 1.49. The van der Waals surface area contributed by atoms with Gasteiger partial charge in [0.15, 0.2) is 0 Å². The summed E-state index contributed by atoms with van der Waals surface area (Å²) in [6, 6.07) is 7.61. The van der Waals surface area contributed by atoms with Crippen LogP contribution in [0.4, 0.5) is 11.4 Å². The second-order valence-corrected chi connectivity index (χ2v) is 3.12. The quantitative estimate of drug-likeness (QED) is 0.578. The van der Waals surface area contributed by atoms with Gasteiger partial charge >= 0.3 is 0 Å². The van der Waals surface area contributed by atoms with E-state index in [0.29, 0.717) is 0 Å². The maximum atomic E-state index is 5.78. The molecule has 0 bridgehead atoms. The fraction of sp³-hybridized carbons (Fsp3) is 0.0769. The first-order valence-electron chi connectivity index (χ1n) is 4.84. The van der Waals surface area contributed by atoms with Gasteiger partial charge in [-0.3, -0.25) is 0 Å². The Balaban J connectivity index is 2.63. The van der Waals surface area contributed by atoms with Crippen LogP contribution in [0.3, 0.4) is 0 Å². The summed E-state index contributed by atoms with van der Waals surface area (Å²) in [5, 5.41) is 3.13. The first-order valence-corrected chi connectivity index (χ1v) is 4.84. The molecule has 0 atom stereocenters. The second-order valence-electron chi connectivity index (χ2n) is 3.12. The number of hydrogen-bond donors (Lipinski definition) is 2. The predicted molar refractivity (Wildman–Crippen MR) is 67.6 cm³/mol. The lowest BCUT2D eigenvalue weighted by Gasteiger charge is -2.07. The maximum absolute atomic E-state index is 5.78. The van der Waals surface area contributed by atoms with E-state index in [4.69, 9.17) is 5.73 Å². The summed E-state index contributed by atoms with van der Waals surface area (Å²) >= 11 is 0. The number of nitrogens with two attached hydrogens (primary N) is 1. The molecule has 2 nitrogen and oxygen atoms in total. The van der Waals surface area contributed by atoms with Crippen LogP contribution in [0.25, 0.3) is 0 Å². The number of nitrogens with one attached hydrogen (secondary N) is 1. The molecule has 15 heavy (non-hydrogen) atoms. The first kappa shape index (κ1) is 11.1.